The lowest BCUT2D eigenvalue weighted by atomic mass is 10.2. The van der Waals surface area contributed by atoms with E-state index in [-0.39, 0.29) is 0 Å². The fourth-order valence-electron chi connectivity index (χ4n) is 2.62. The zero-order valence-electron chi connectivity index (χ0n) is 24.4. The molecule has 0 saturated carbocycles. The summed E-state index contributed by atoms with van der Waals surface area (Å²) in [6, 6.07) is 3.78. The average Bonchev–Trinajstić information content (AvgIpc) is 2.95. The number of hydrogen-bond acceptors (Lipinski definition) is 6. The third kappa shape index (κ3) is 11.2. The molecule has 4 aromatic heterocycles. The van der Waals surface area contributed by atoms with Gasteiger partial charge < -0.3 is 0 Å². The van der Waals surface area contributed by atoms with Crippen molar-refractivity contribution >= 4 is 0 Å². The normalized spacial score (nSPS) is 8.56. The minimum absolute atomic E-state index is 0.854. The summed E-state index contributed by atoms with van der Waals surface area (Å²) >= 11 is 0. The van der Waals surface area contributed by atoms with E-state index in [1.807, 2.05) is 117 Å². The number of nitrogens with zero attached hydrogens (tertiary/aromatic N) is 8. The van der Waals surface area contributed by atoms with Gasteiger partial charge in [-0.25, -0.2) is 29.1 Å². The number of rotatable bonds is 2. The van der Waals surface area contributed by atoms with Crippen molar-refractivity contribution in [2.24, 2.45) is 14.1 Å². The largest absolute Gasteiger partial charge is 0.348 e. The maximum Gasteiger partial charge on any atom is 0.348 e. The van der Waals surface area contributed by atoms with Gasteiger partial charge in [0, 0.05) is 30.1 Å². The van der Waals surface area contributed by atoms with E-state index in [4.69, 9.17) is 0 Å². The third-order valence-electron chi connectivity index (χ3n) is 4.11. The number of hydrogen-bond donors (Lipinski definition) is 0. The molecule has 196 valence electrons. The van der Waals surface area contributed by atoms with Crippen LogP contribution < -0.4 is 9.13 Å². The van der Waals surface area contributed by atoms with Crippen LogP contribution >= 0.6 is 0 Å². The van der Waals surface area contributed by atoms with Crippen molar-refractivity contribution in [3.05, 3.63) is 73.2 Å². The Bertz CT molecular complexity index is 910. The second-order valence-corrected chi connectivity index (χ2v) is 6.18. The molecular weight excluding hydrogens is 448 g/mol. The van der Waals surface area contributed by atoms with Gasteiger partial charge in [0.05, 0.1) is 32.2 Å². The van der Waals surface area contributed by atoms with Gasteiger partial charge >= 0.3 is 11.6 Å². The zero-order chi connectivity index (χ0) is 27.9. The fraction of sp³-hybridized carbons (Fsp3) is 0.429. The second kappa shape index (κ2) is 21.8. The van der Waals surface area contributed by atoms with Gasteiger partial charge in [0.15, 0.2) is 5.69 Å². The molecule has 0 aliphatic rings. The first-order valence-electron chi connectivity index (χ1n) is 12.7. The van der Waals surface area contributed by atoms with Gasteiger partial charge in [0.25, 0.3) is 0 Å². The minimum Gasteiger partial charge on any atom is -0.244 e. The predicted molar refractivity (Wildman–Crippen MR) is 148 cm³/mol. The first-order chi connectivity index (χ1) is 17.6. The summed E-state index contributed by atoms with van der Waals surface area (Å²) < 4.78 is 3.89. The second-order valence-electron chi connectivity index (χ2n) is 6.18. The van der Waals surface area contributed by atoms with E-state index >= 15 is 0 Å². The lowest BCUT2D eigenvalue weighted by Gasteiger charge is -1.99. The highest BCUT2D eigenvalue weighted by atomic mass is 15.0. The first kappa shape index (κ1) is 34.5. The summed E-state index contributed by atoms with van der Waals surface area (Å²) in [5.41, 5.74) is 3.81. The van der Waals surface area contributed by atoms with Crippen molar-refractivity contribution < 1.29 is 9.13 Å². The highest BCUT2D eigenvalue weighted by Crippen LogP contribution is 2.13. The molecule has 0 aliphatic carbocycles. The predicted octanol–water partition coefficient (Wildman–Crippen LogP) is 5.45. The van der Waals surface area contributed by atoms with Crippen LogP contribution in [0.4, 0.5) is 0 Å². The molecule has 4 heterocycles. The van der Waals surface area contributed by atoms with E-state index in [1.54, 1.807) is 31.1 Å². The highest BCUT2D eigenvalue weighted by molar-refractivity contribution is 5.52. The van der Waals surface area contributed by atoms with Crippen LogP contribution in [0.15, 0.2) is 62.0 Å². The van der Waals surface area contributed by atoms with Crippen LogP contribution in [-0.2, 0) is 14.1 Å². The minimum atomic E-state index is 0.854. The summed E-state index contributed by atoms with van der Waals surface area (Å²) in [5.74, 6) is 1.73. The topological polar surface area (TPSA) is 85.1 Å². The van der Waals surface area contributed by atoms with Crippen LogP contribution in [0.25, 0.3) is 22.9 Å². The van der Waals surface area contributed by atoms with E-state index in [0.29, 0.717) is 0 Å². The molecular formula is C28H46N8+2. The molecule has 0 spiro atoms. The fourth-order valence-corrected chi connectivity index (χ4v) is 2.62. The summed E-state index contributed by atoms with van der Waals surface area (Å²) in [6.07, 6.45) is 14.1. The molecule has 4 aromatic rings. The quantitative estimate of drug-likeness (QED) is 0.345. The van der Waals surface area contributed by atoms with Crippen LogP contribution in [0.1, 0.15) is 66.6 Å². The maximum absolute atomic E-state index is 4.29. The van der Waals surface area contributed by atoms with Crippen LogP contribution in [0.3, 0.4) is 0 Å². The van der Waals surface area contributed by atoms with Crippen LogP contribution in [-0.4, -0.2) is 29.9 Å². The van der Waals surface area contributed by atoms with Crippen molar-refractivity contribution in [1.82, 2.24) is 29.9 Å². The van der Waals surface area contributed by atoms with Crippen LogP contribution in [0.5, 0.6) is 0 Å². The number of aromatic nitrogens is 8. The smallest absolute Gasteiger partial charge is 0.244 e. The first-order valence-corrected chi connectivity index (χ1v) is 12.7. The van der Waals surface area contributed by atoms with Gasteiger partial charge in [-0.15, -0.1) is 0 Å². The van der Waals surface area contributed by atoms with Crippen molar-refractivity contribution in [2.45, 2.75) is 69.2 Å². The maximum atomic E-state index is 4.29. The molecule has 0 amide bonds. The van der Waals surface area contributed by atoms with Gasteiger partial charge in [-0.3, -0.25) is 0 Å². The Balaban J connectivity index is 0. The Morgan fingerprint density at radius 1 is 0.583 bits per heavy atom. The number of aryl methyl sites for hydroxylation is 4. The SMILES string of the molecule is CC.CC.CC.CC.Cc1cncnc1-c1nccc[n+]1C.Cc1ncncc1-c1nccc[n+]1C. The lowest BCUT2D eigenvalue weighted by molar-refractivity contribution is -0.663. The van der Waals surface area contributed by atoms with Crippen molar-refractivity contribution in [2.75, 3.05) is 0 Å². The Hall–Kier alpha value is -3.68. The average molecular weight is 495 g/mol. The van der Waals surface area contributed by atoms with Gasteiger partial charge in [-0.05, 0) is 23.8 Å². The molecule has 0 aliphatic heterocycles. The van der Waals surface area contributed by atoms with Crippen molar-refractivity contribution in [1.29, 1.82) is 0 Å². The Morgan fingerprint density at radius 3 is 1.53 bits per heavy atom. The van der Waals surface area contributed by atoms with Gasteiger partial charge in [-0.2, -0.15) is 0 Å². The van der Waals surface area contributed by atoms with Gasteiger partial charge in [-0.1, -0.05) is 55.4 Å². The van der Waals surface area contributed by atoms with Crippen molar-refractivity contribution in [3.63, 3.8) is 0 Å². The molecule has 0 bridgehead atoms. The van der Waals surface area contributed by atoms with E-state index in [1.165, 1.54) is 6.33 Å². The molecule has 36 heavy (non-hydrogen) atoms. The monoisotopic (exact) mass is 494 g/mol. The molecule has 0 aromatic carbocycles. The summed E-state index contributed by atoms with van der Waals surface area (Å²) in [5, 5.41) is 0. The standard InChI is InChI=1S/2C10H11N4.4C2H6/c1-8-9(6-11-7-13-8)10-12-4-3-5-14(10)2;1-8-6-11-7-13-9(8)10-12-4-3-5-14(10)2;4*1-2/h2*3-7H,1-2H3;4*1-2H3/q2*+1;;;;. The summed E-state index contributed by atoms with van der Waals surface area (Å²) in [7, 11) is 3.90. The highest BCUT2D eigenvalue weighted by Gasteiger charge is 2.15. The van der Waals surface area contributed by atoms with Gasteiger partial charge in [0.1, 0.15) is 30.6 Å². The zero-order valence-corrected chi connectivity index (χ0v) is 24.4. The molecule has 0 saturated heterocycles. The van der Waals surface area contributed by atoms with Gasteiger partial charge in [0.2, 0.25) is 0 Å². The van der Waals surface area contributed by atoms with E-state index in [2.05, 4.69) is 29.9 Å². The van der Waals surface area contributed by atoms with Crippen LogP contribution in [0.2, 0.25) is 0 Å². The molecule has 4 rings (SSSR count). The molecule has 8 heteroatoms. The third-order valence-corrected chi connectivity index (χ3v) is 4.11. The van der Waals surface area contributed by atoms with Crippen molar-refractivity contribution in [3.8, 4) is 22.9 Å². The van der Waals surface area contributed by atoms with Crippen LogP contribution in [0, 0.1) is 13.8 Å². The molecule has 0 unspecified atom stereocenters. The summed E-state index contributed by atoms with van der Waals surface area (Å²) in [6.45, 7) is 19.9. The van der Waals surface area contributed by atoms with E-state index in [9.17, 15) is 0 Å². The molecule has 0 fully saturated rings. The van der Waals surface area contributed by atoms with E-state index < -0.39 is 0 Å². The Kier molecular flexibility index (Phi) is 20.9. The lowest BCUT2D eigenvalue weighted by Crippen LogP contribution is -2.31. The Labute approximate surface area is 218 Å². The molecule has 0 atom stereocenters. The molecule has 0 radical (unpaired) electrons. The van der Waals surface area contributed by atoms with E-state index in [0.717, 1.165) is 34.2 Å². The summed E-state index contributed by atoms with van der Waals surface area (Å²) in [4.78, 5) is 24.9. The molecule has 8 nitrogen and oxygen atoms in total. The Morgan fingerprint density at radius 2 is 1.06 bits per heavy atom. The molecule has 0 N–H and O–H groups in total.